The van der Waals surface area contributed by atoms with Crippen molar-refractivity contribution in [3.05, 3.63) is 35.8 Å². The first kappa shape index (κ1) is 13.9. The Morgan fingerprint density at radius 2 is 2.00 bits per heavy atom. The van der Waals surface area contributed by atoms with Gasteiger partial charge >= 0.3 is 5.97 Å². The van der Waals surface area contributed by atoms with E-state index in [2.05, 4.69) is 4.98 Å². The van der Waals surface area contributed by atoms with Gasteiger partial charge in [0.15, 0.2) is 0 Å². The largest absolute Gasteiger partial charge is 0.497 e. The Hall–Kier alpha value is -2.50. The van der Waals surface area contributed by atoms with Crippen molar-refractivity contribution in [1.82, 2.24) is 9.71 Å². The van der Waals surface area contributed by atoms with Crippen LogP contribution in [-0.2, 0) is 4.74 Å². The summed E-state index contributed by atoms with van der Waals surface area (Å²) in [5, 5.41) is 10.1. The molecule has 106 valence electrons. The maximum atomic E-state index is 11.7. The smallest absolute Gasteiger partial charge is 0.377 e. The molecule has 20 heavy (non-hydrogen) atoms. The summed E-state index contributed by atoms with van der Waals surface area (Å²) in [5.74, 6) is -0.0749. The van der Waals surface area contributed by atoms with Crippen LogP contribution in [0.1, 0.15) is 23.2 Å². The summed E-state index contributed by atoms with van der Waals surface area (Å²) in [6.07, 6.45) is 0. The van der Waals surface area contributed by atoms with E-state index in [1.54, 1.807) is 45.2 Å². The summed E-state index contributed by atoms with van der Waals surface area (Å²) in [7, 11) is 1.58. The van der Waals surface area contributed by atoms with Crippen LogP contribution < -0.4 is 4.74 Å². The Bertz CT molecular complexity index is 617. The lowest BCUT2D eigenvalue weighted by Gasteiger charge is -2.06. The summed E-state index contributed by atoms with van der Waals surface area (Å²) in [5.41, 5.74) is 1.73. The van der Waals surface area contributed by atoms with Crippen LogP contribution in [0.4, 0.5) is 0 Å². The highest BCUT2D eigenvalue weighted by molar-refractivity contribution is 5.87. The van der Waals surface area contributed by atoms with Crippen molar-refractivity contribution in [3.8, 4) is 17.0 Å². The molecule has 0 bridgehead atoms. The molecule has 1 aromatic carbocycles. The molecule has 0 aliphatic rings. The normalized spacial score (nSPS) is 10.3. The van der Waals surface area contributed by atoms with Gasteiger partial charge in [-0.15, -0.1) is 0 Å². The number of rotatable bonds is 4. The molecule has 0 saturated carbocycles. The molecule has 0 aliphatic carbocycles. The van der Waals surface area contributed by atoms with Gasteiger partial charge in [0.1, 0.15) is 11.4 Å². The molecule has 2 rings (SSSR count). The predicted molar refractivity (Wildman–Crippen MR) is 72.1 cm³/mol. The predicted octanol–water partition coefficient (Wildman–Crippen LogP) is 2.28. The molecule has 2 aromatic rings. The Balaban J connectivity index is 2.43. The van der Waals surface area contributed by atoms with E-state index in [1.807, 2.05) is 0 Å². The second-order valence-electron chi connectivity index (χ2n) is 4.13. The Morgan fingerprint density at radius 1 is 1.35 bits per heavy atom. The summed E-state index contributed by atoms with van der Waals surface area (Å²) in [6.45, 7) is 3.64. The highest BCUT2D eigenvalue weighted by Crippen LogP contribution is 2.26. The lowest BCUT2D eigenvalue weighted by atomic mass is 10.1. The molecule has 0 fully saturated rings. The van der Waals surface area contributed by atoms with Gasteiger partial charge in [-0.05, 0) is 38.1 Å². The van der Waals surface area contributed by atoms with Crippen LogP contribution in [0, 0.1) is 6.92 Å². The quantitative estimate of drug-likeness (QED) is 0.685. The minimum Gasteiger partial charge on any atom is -0.497 e. The number of aryl methyl sites for hydroxylation is 1. The first-order valence-electron chi connectivity index (χ1n) is 6.18. The van der Waals surface area contributed by atoms with E-state index < -0.39 is 5.97 Å². The van der Waals surface area contributed by atoms with Gasteiger partial charge in [0.2, 0.25) is 0 Å². The molecule has 1 aromatic heterocycles. The Morgan fingerprint density at radius 3 is 2.55 bits per heavy atom. The number of hydrogen-bond acceptors (Lipinski definition) is 5. The molecular weight excluding hydrogens is 260 g/mol. The molecule has 6 nitrogen and oxygen atoms in total. The Kier molecular flexibility index (Phi) is 3.93. The van der Waals surface area contributed by atoms with Crippen LogP contribution in [0.3, 0.4) is 0 Å². The van der Waals surface area contributed by atoms with E-state index >= 15 is 0 Å². The van der Waals surface area contributed by atoms with E-state index in [-0.39, 0.29) is 12.4 Å². The average molecular weight is 276 g/mol. The van der Waals surface area contributed by atoms with E-state index in [1.165, 1.54) is 0 Å². The zero-order valence-electron chi connectivity index (χ0n) is 11.6. The molecule has 0 atom stereocenters. The summed E-state index contributed by atoms with van der Waals surface area (Å²) >= 11 is 0. The number of benzene rings is 1. The fourth-order valence-electron chi connectivity index (χ4n) is 1.93. The van der Waals surface area contributed by atoms with Gasteiger partial charge in [0.25, 0.3) is 5.82 Å². The molecule has 6 heteroatoms. The number of carbonyl (C=O) groups excluding carboxylic acids is 1. The number of nitrogens with zero attached hydrogens (tertiary/aromatic N) is 2. The maximum absolute atomic E-state index is 11.7. The van der Waals surface area contributed by atoms with Crippen LogP contribution in [0.25, 0.3) is 11.3 Å². The second kappa shape index (κ2) is 5.64. The minimum atomic E-state index is -0.655. The van der Waals surface area contributed by atoms with Crippen molar-refractivity contribution in [2.75, 3.05) is 13.7 Å². The topological polar surface area (TPSA) is 73.6 Å². The molecule has 1 heterocycles. The number of hydrogen-bond donors (Lipinski definition) is 1. The first-order chi connectivity index (χ1) is 9.58. The number of aromatic nitrogens is 2. The van der Waals surface area contributed by atoms with Gasteiger partial charge in [-0.1, -0.05) is 0 Å². The van der Waals surface area contributed by atoms with Crippen molar-refractivity contribution in [1.29, 1.82) is 0 Å². The molecule has 0 amide bonds. The van der Waals surface area contributed by atoms with E-state index in [0.29, 0.717) is 17.1 Å². The van der Waals surface area contributed by atoms with Crippen LogP contribution in [-0.4, -0.2) is 34.6 Å². The van der Waals surface area contributed by atoms with Gasteiger partial charge in [-0.3, -0.25) is 0 Å². The lowest BCUT2D eigenvalue weighted by molar-refractivity contribution is 0.0467. The molecule has 0 aliphatic heterocycles. The average Bonchev–Trinajstić information content (AvgIpc) is 2.75. The van der Waals surface area contributed by atoms with Gasteiger partial charge in [-0.25, -0.2) is 9.78 Å². The van der Waals surface area contributed by atoms with E-state index in [9.17, 15) is 10.0 Å². The molecule has 1 N–H and O–H groups in total. The second-order valence-corrected chi connectivity index (χ2v) is 4.13. The minimum absolute atomic E-state index is 0.129. The molecule has 0 saturated heterocycles. The molecule has 0 spiro atoms. The van der Waals surface area contributed by atoms with Crippen LogP contribution >= 0.6 is 0 Å². The number of imidazole rings is 1. The molecule has 0 radical (unpaired) electrons. The summed E-state index contributed by atoms with van der Waals surface area (Å²) < 4.78 is 10.7. The van der Waals surface area contributed by atoms with Crippen molar-refractivity contribution < 1.29 is 19.5 Å². The van der Waals surface area contributed by atoms with Gasteiger partial charge in [0, 0.05) is 5.56 Å². The van der Waals surface area contributed by atoms with E-state index in [0.717, 1.165) is 10.3 Å². The maximum Gasteiger partial charge on any atom is 0.377 e. The fourth-order valence-corrected chi connectivity index (χ4v) is 1.93. The van der Waals surface area contributed by atoms with Gasteiger partial charge < -0.3 is 14.7 Å². The zero-order valence-corrected chi connectivity index (χ0v) is 11.6. The SMILES string of the molecule is CCOC(=O)c1nc(C)c(-c2ccc(OC)cc2)n1O. The standard InChI is InChI=1S/C14H16N2O4/c1-4-20-14(17)13-15-9(2)12(16(13)18)10-5-7-11(19-3)8-6-10/h5-8,18H,4H2,1-3H3. The summed E-state index contributed by atoms with van der Waals surface area (Å²) in [6, 6.07) is 7.10. The van der Waals surface area contributed by atoms with Gasteiger partial charge in [0.05, 0.1) is 19.4 Å². The molecule has 0 unspecified atom stereocenters. The first-order valence-corrected chi connectivity index (χ1v) is 6.18. The monoisotopic (exact) mass is 276 g/mol. The highest BCUT2D eigenvalue weighted by Gasteiger charge is 2.21. The number of carbonyl (C=O) groups is 1. The van der Waals surface area contributed by atoms with Crippen LogP contribution in [0.15, 0.2) is 24.3 Å². The van der Waals surface area contributed by atoms with Gasteiger partial charge in [-0.2, -0.15) is 4.73 Å². The third-order valence-corrected chi connectivity index (χ3v) is 2.85. The van der Waals surface area contributed by atoms with Crippen molar-refractivity contribution >= 4 is 5.97 Å². The third-order valence-electron chi connectivity index (χ3n) is 2.85. The van der Waals surface area contributed by atoms with E-state index in [4.69, 9.17) is 9.47 Å². The van der Waals surface area contributed by atoms with Crippen LogP contribution in [0.2, 0.25) is 0 Å². The van der Waals surface area contributed by atoms with Crippen molar-refractivity contribution in [2.45, 2.75) is 13.8 Å². The number of ether oxygens (including phenoxy) is 2. The third kappa shape index (κ3) is 2.45. The number of esters is 1. The Labute approximate surface area is 116 Å². The zero-order chi connectivity index (χ0) is 14.7. The van der Waals surface area contributed by atoms with Crippen molar-refractivity contribution in [3.63, 3.8) is 0 Å². The lowest BCUT2D eigenvalue weighted by Crippen LogP contribution is -2.12. The van der Waals surface area contributed by atoms with Crippen molar-refractivity contribution in [2.24, 2.45) is 0 Å². The summed E-state index contributed by atoms with van der Waals surface area (Å²) in [4.78, 5) is 15.7. The van der Waals surface area contributed by atoms with Crippen LogP contribution in [0.5, 0.6) is 5.75 Å². The highest BCUT2D eigenvalue weighted by atomic mass is 16.5. The fraction of sp³-hybridized carbons (Fsp3) is 0.286. The molecular formula is C14H16N2O4. The number of methoxy groups -OCH3 is 1.